The summed E-state index contributed by atoms with van der Waals surface area (Å²) in [6, 6.07) is 0. The smallest absolute Gasteiger partial charge is 0.306 e. The predicted molar refractivity (Wildman–Crippen MR) is 261 cm³/mol. The van der Waals surface area contributed by atoms with E-state index in [1.165, 1.54) is 180 Å². The maximum atomic E-state index is 12.7. The first-order chi connectivity index (χ1) is 29.6. The second kappa shape index (κ2) is 46.4. The molecule has 2 atom stereocenters. The molecule has 0 amide bonds. The average molecular weight is 863 g/mol. The topological polar surface area (TPSA) is 78.9 Å². The monoisotopic (exact) mass is 863 g/mol. The molecule has 0 bridgehead atoms. The van der Waals surface area contributed by atoms with Crippen LogP contribution in [-0.4, -0.2) is 37.2 Å². The Morgan fingerprint density at radius 1 is 0.328 bits per heavy atom. The van der Waals surface area contributed by atoms with Gasteiger partial charge in [0.05, 0.1) is 0 Å². The summed E-state index contributed by atoms with van der Waals surface area (Å²) in [5.74, 6) is 1.63. The number of hydrogen-bond acceptors (Lipinski definition) is 6. The summed E-state index contributed by atoms with van der Waals surface area (Å²) in [4.78, 5) is 37.9. The minimum Gasteiger partial charge on any atom is -0.462 e. The minimum absolute atomic E-state index is 0.0653. The molecule has 0 saturated carbocycles. The fourth-order valence-electron chi connectivity index (χ4n) is 8.26. The highest BCUT2D eigenvalue weighted by atomic mass is 16.6. The van der Waals surface area contributed by atoms with E-state index in [0.717, 1.165) is 75.5 Å². The number of rotatable bonds is 48. The summed E-state index contributed by atoms with van der Waals surface area (Å²) in [5.41, 5.74) is 0. The Morgan fingerprint density at radius 2 is 0.574 bits per heavy atom. The van der Waals surface area contributed by atoms with Gasteiger partial charge in [-0.1, -0.05) is 260 Å². The fraction of sp³-hybridized carbons (Fsp3) is 0.945. The third kappa shape index (κ3) is 47.7. The molecule has 0 N–H and O–H groups in total. The first-order valence-electron chi connectivity index (χ1n) is 27.1. The second-order valence-electron chi connectivity index (χ2n) is 20.1. The number of esters is 3. The number of carbonyl (C=O) groups is 3. The summed E-state index contributed by atoms with van der Waals surface area (Å²) < 4.78 is 16.8. The molecule has 61 heavy (non-hydrogen) atoms. The molecule has 0 aliphatic carbocycles. The van der Waals surface area contributed by atoms with Gasteiger partial charge in [0, 0.05) is 19.3 Å². The molecular formula is C55H106O6. The van der Waals surface area contributed by atoms with Crippen molar-refractivity contribution in [3.8, 4) is 0 Å². The van der Waals surface area contributed by atoms with Crippen LogP contribution in [0.5, 0.6) is 0 Å². The van der Waals surface area contributed by atoms with Crippen LogP contribution < -0.4 is 0 Å². The van der Waals surface area contributed by atoms with E-state index in [0.29, 0.717) is 19.3 Å². The van der Waals surface area contributed by atoms with E-state index in [2.05, 4.69) is 41.5 Å². The van der Waals surface area contributed by atoms with Gasteiger partial charge in [0.25, 0.3) is 0 Å². The van der Waals surface area contributed by atoms with Crippen molar-refractivity contribution in [2.24, 2.45) is 17.8 Å². The molecule has 0 radical (unpaired) electrons. The van der Waals surface area contributed by atoms with Crippen molar-refractivity contribution in [1.82, 2.24) is 0 Å². The zero-order valence-electron chi connectivity index (χ0n) is 42.0. The van der Waals surface area contributed by atoms with Gasteiger partial charge in [-0.05, 0) is 37.0 Å². The van der Waals surface area contributed by atoms with Gasteiger partial charge < -0.3 is 14.2 Å². The lowest BCUT2D eigenvalue weighted by Gasteiger charge is -2.18. The predicted octanol–water partition coefficient (Wildman–Crippen LogP) is 17.6. The van der Waals surface area contributed by atoms with Crippen LogP contribution in [0.2, 0.25) is 0 Å². The number of unbranched alkanes of at least 4 members (excludes halogenated alkanes) is 30. The molecule has 362 valence electrons. The molecule has 0 heterocycles. The average Bonchev–Trinajstić information content (AvgIpc) is 3.23. The van der Waals surface area contributed by atoms with Crippen molar-refractivity contribution in [1.29, 1.82) is 0 Å². The van der Waals surface area contributed by atoms with E-state index < -0.39 is 6.10 Å². The van der Waals surface area contributed by atoms with E-state index in [1.54, 1.807) is 0 Å². The molecule has 0 aromatic rings. The summed E-state index contributed by atoms with van der Waals surface area (Å²) in [7, 11) is 0. The van der Waals surface area contributed by atoms with E-state index in [4.69, 9.17) is 14.2 Å². The van der Waals surface area contributed by atoms with E-state index in [-0.39, 0.29) is 31.1 Å². The Bertz CT molecular complexity index is 947. The maximum absolute atomic E-state index is 12.7. The number of hydrogen-bond donors (Lipinski definition) is 0. The van der Waals surface area contributed by atoms with E-state index >= 15 is 0 Å². The van der Waals surface area contributed by atoms with Gasteiger partial charge in [0.2, 0.25) is 0 Å². The second-order valence-corrected chi connectivity index (χ2v) is 20.1. The lowest BCUT2D eigenvalue weighted by atomic mass is 9.99. The zero-order valence-corrected chi connectivity index (χ0v) is 42.0. The Kier molecular flexibility index (Phi) is 45.2. The normalized spacial score (nSPS) is 12.6. The van der Waals surface area contributed by atoms with Gasteiger partial charge >= 0.3 is 17.9 Å². The van der Waals surface area contributed by atoms with Gasteiger partial charge in [0.15, 0.2) is 6.10 Å². The largest absolute Gasteiger partial charge is 0.462 e. The van der Waals surface area contributed by atoms with Crippen LogP contribution in [0.1, 0.15) is 298 Å². The quantitative estimate of drug-likeness (QED) is 0.0344. The van der Waals surface area contributed by atoms with Crippen LogP contribution in [0.3, 0.4) is 0 Å². The minimum atomic E-state index is -0.763. The standard InChI is InChI=1S/C55H106O6/c1-7-51(6)43-37-31-25-18-16-14-12-10-8-9-11-13-15-17-19-26-32-38-44-53(56)59-47-52(61-55(58)46-40-34-28-22-24-30-36-42-50(4)5)48-60-54(57)45-39-33-27-21-20-23-29-35-41-49(2)3/h49-52H,7-48H2,1-6H3/t51?,52-/m0/s1. The summed E-state index contributed by atoms with van der Waals surface area (Å²) in [5, 5.41) is 0. The van der Waals surface area contributed by atoms with Gasteiger partial charge in [0.1, 0.15) is 13.2 Å². The molecule has 0 aliphatic rings. The molecular weight excluding hydrogens is 757 g/mol. The maximum Gasteiger partial charge on any atom is 0.306 e. The highest BCUT2D eigenvalue weighted by Gasteiger charge is 2.19. The fourth-order valence-corrected chi connectivity index (χ4v) is 8.26. The third-order valence-corrected chi connectivity index (χ3v) is 12.8. The first kappa shape index (κ1) is 59.4. The summed E-state index contributed by atoms with van der Waals surface area (Å²) in [6.45, 7) is 13.7. The lowest BCUT2D eigenvalue weighted by Crippen LogP contribution is -2.30. The van der Waals surface area contributed by atoms with Crippen LogP contribution >= 0.6 is 0 Å². The van der Waals surface area contributed by atoms with Gasteiger partial charge in [-0.3, -0.25) is 14.4 Å². The molecule has 0 aromatic carbocycles. The van der Waals surface area contributed by atoms with Crippen molar-refractivity contribution in [2.45, 2.75) is 304 Å². The molecule has 0 saturated heterocycles. The van der Waals surface area contributed by atoms with Crippen molar-refractivity contribution in [3.63, 3.8) is 0 Å². The lowest BCUT2D eigenvalue weighted by molar-refractivity contribution is -0.167. The van der Waals surface area contributed by atoms with E-state index in [9.17, 15) is 14.4 Å². The number of ether oxygens (including phenoxy) is 3. The first-order valence-corrected chi connectivity index (χ1v) is 27.1. The summed E-state index contributed by atoms with van der Waals surface area (Å²) >= 11 is 0. The van der Waals surface area contributed by atoms with Crippen LogP contribution in [0, 0.1) is 17.8 Å². The zero-order chi connectivity index (χ0) is 44.9. The Labute approximate surface area is 380 Å². The van der Waals surface area contributed by atoms with Crippen LogP contribution in [0.25, 0.3) is 0 Å². The van der Waals surface area contributed by atoms with Crippen LogP contribution in [0.15, 0.2) is 0 Å². The van der Waals surface area contributed by atoms with Crippen molar-refractivity contribution < 1.29 is 28.6 Å². The van der Waals surface area contributed by atoms with Gasteiger partial charge in [-0.25, -0.2) is 0 Å². The van der Waals surface area contributed by atoms with Crippen molar-refractivity contribution >= 4 is 17.9 Å². The van der Waals surface area contributed by atoms with Crippen LogP contribution in [-0.2, 0) is 28.6 Å². The molecule has 0 spiro atoms. The number of carbonyl (C=O) groups excluding carboxylic acids is 3. The highest BCUT2D eigenvalue weighted by Crippen LogP contribution is 2.18. The third-order valence-electron chi connectivity index (χ3n) is 12.8. The highest BCUT2D eigenvalue weighted by molar-refractivity contribution is 5.71. The molecule has 0 rings (SSSR count). The Hall–Kier alpha value is -1.59. The molecule has 1 unspecified atom stereocenters. The molecule has 0 fully saturated rings. The van der Waals surface area contributed by atoms with Crippen LogP contribution in [0.4, 0.5) is 0 Å². The molecule has 6 heteroatoms. The summed E-state index contributed by atoms with van der Waals surface area (Å²) in [6.07, 6.45) is 46.8. The van der Waals surface area contributed by atoms with Gasteiger partial charge in [-0.2, -0.15) is 0 Å². The van der Waals surface area contributed by atoms with Crippen molar-refractivity contribution in [3.05, 3.63) is 0 Å². The SMILES string of the molecule is CCC(C)CCCCCCCCCCCCCCCCCCCCC(=O)OC[C@@H](COC(=O)CCCCCCCCCCC(C)C)OC(=O)CCCCCCCCCC(C)C. The Balaban J connectivity index is 4.16. The molecule has 0 aromatic heterocycles. The van der Waals surface area contributed by atoms with Gasteiger partial charge in [-0.15, -0.1) is 0 Å². The van der Waals surface area contributed by atoms with Crippen molar-refractivity contribution in [2.75, 3.05) is 13.2 Å². The Morgan fingerprint density at radius 3 is 0.852 bits per heavy atom. The molecule has 6 nitrogen and oxygen atoms in total. The molecule has 0 aliphatic heterocycles. The van der Waals surface area contributed by atoms with E-state index in [1.807, 2.05) is 0 Å².